The predicted octanol–water partition coefficient (Wildman–Crippen LogP) is 3.81. The number of hydrogen-bond acceptors (Lipinski definition) is 3. The molecule has 0 aliphatic rings. The number of allylic oxidation sites excluding steroid dienone is 2. The third kappa shape index (κ3) is 12.7. The fraction of sp³-hybridized carbons (Fsp3) is 0.643. The van der Waals surface area contributed by atoms with Gasteiger partial charge in [-0.3, -0.25) is 4.79 Å². The Hall–Kier alpha value is -1.25. The van der Waals surface area contributed by atoms with Gasteiger partial charge in [0.15, 0.2) is 0 Å². The third-order valence-electron chi connectivity index (χ3n) is 2.33. The minimum absolute atomic E-state index is 0.333. The second kappa shape index (κ2) is 9.94. The molecule has 0 bridgehead atoms. The molecule has 0 radical (unpaired) electrons. The Balaban J connectivity index is 3.45. The van der Waals surface area contributed by atoms with Crippen molar-refractivity contribution in [1.82, 2.24) is 0 Å². The summed E-state index contributed by atoms with van der Waals surface area (Å²) < 4.78 is 9.80. The van der Waals surface area contributed by atoms with E-state index in [1.54, 1.807) is 0 Å². The van der Waals surface area contributed by atoms with Crippen molar-refractivity contribution in [2.24, 2.45) is 5.92 Å². The van der Waals surface area contributed by atoms with Crippen molar-refractivity contribution in [3.63, 3.8) is 0 Å². The summed E-state index contributed by atoms with van der Waals surface area (Å²) in [5.74, 6) is 0.313. The lowest BCUT2D eigenvalue weighted by Gasteiger charge is -2.09. The molecule has 98 valence electrons. The van der Waals surface area contributed by atoms with Crippen LogP contribution in [0.15, 0.2) is 24.2 Å². The standard InChI is InChI=1S/C14H24O3/c1-12(2)6-5-7-13(3)8-9-16-10-11-17-14(4)15/h6,10-11,13H,5,7-9H2,1-4H3/b11-10+. The van der Waals surface area contributed by atoms with Crippen LogP contribution in [0.4, 0.5) is 0 Å². The van der Waals surface area contributed by atoms with Crippen LogP contribution in [0.5, 0.6) is 0 Å². The largest absolute Gasteiger partial charge is 0.498 e. The molecule has 0 saturated carbocycles. The SMILES string of the molecule is CC(=O)O/C=C/OCCC(C)CCC=C(C)C. The summed E-state index contributed by atoms with van der Waals surface area (Å²) in [6.07, 6.45) is 8.29. The molecular weight excluding hydrogens is 216 g/mol. The predicted molar refractivity (Wildman–Crippen MR) is 69.3 cm³/mol. The van der Waals surface area contributed by atoms with Crippen LogP contribution in [-0.4, -0.2) is 12.6 Å². The van der Waals surface area contributed by atoms with Crippen molar-refractivity contribution >= 4 is 5.97 Å². The molecule has 0 aliphatic heterocycles. The van der Waals surface area contributed by atoms with Gasteiger partial charge in [-0.1, -0.05) is 18.6 Å². The molecule has 0 aromatic carbocycles. The first-order valence-electron chi connectivity index (χ1n) is 6.09. The van der Waals surface area contributed by atoms with Crippen LogP contribution in [0.25, 0.3) is 0 Å². The molecule has 0 saturated heterocycles. The van der Waals surface area contributed by atoms with Crippen LogP contribution >= 0.6 is 0 Å². The maximum atomic E-state index is 10.4. The quantitative estimate of drug-likeness (QED) is 0.280. The van der Waals surface area contributed by atoms with E-state index >= 15 is 0 Å². The molecule has 0 aromatic heterocycles. The highest BCUT2D eigenvalue weighted by Gasteiger charge is 2.00. The van der Waals surface area contributed by atoms with Crippen LogP contribution in [0.3, 0.4) is 0 Å². The maximum Gasteiger partial charge on any atom is 0.307 e. The molecule has 0 aromatic rings. The number of hydrogen-bond donors (Lipinski definition) is 0. The Bertz CT molecular complexity index is 263. The molecule has 0 amide bonds. The zero-order valence-corrected chi connectivity index (χ0v) is 11.4. The van der Waals surface area contributed by atoms with Crippen LogP contribution in [-0.2, 0) is 14.3 Å². The Morgan fingerprint density at radius 1 is 1.18 bits per heavy atom. The Morgan fingerprint density at radius 3 is 2.47 bits per heavy atom. The van der Waals surface area contributed by atoms with Crippen LogP contribution in [0.1, 0.15) is 47.0 Å². The Morgan fingerprint density at radius 2 is 1.88 bits per heavy atom. The summed E-state index contributed by atoms with van der Waals surface area (Å²) in [5, 5.41) is 0. The van der Waals surface area contributed by atoms with E-state index in [1.807, 2.05) is 0 Å². The van der Waals surface area contributed by atoms with Gasteiger partial charge in [0.25, 0.3) is 0 Å². The second-order valence-electron chi connectivity index (χ2n) is 4.51. The number of carbonyl (C=O) groups excluding carboxylic acids is 1. The van der Waals surface area contributed by atoms with Crippen LogP contribution in [0.2, 0.25) is 0 Å². The summed E-state index contributed by atoms with van der Waals surface area (Å²) in [4.78, 5) is 10.4. The second-order valence-corrected chi connectivity index (χ2v) is 4.51. The topological polar surface area (TPSA) is 35.5 Å². The van der Waals surface area contributed by atoms with Gasteiger partial charge in [-0.2, -0.15) is 0 Å². The van der Waals surface area contributed by atoms with Crippen molar-refractivity contribution in [1.29, 1.82) is 0 Å². The molecule has 3 heteroatoms. The minimum Gasteiger partial charge on any atom is -0.498 e. The van der Waals surface area contributed by atoms with Gasteiger partial charge in [0.1, 0.15) is 12.5 Å². The first-order chi connectivity index (χ1) is 8.02. The number of carbonyl (C=O) groups is 1. The van der Waals surface area contributed by atoms with Gasteiger partial charge in [0.05, 0.1) is 6.61 Å². The maximum absolute atomic E-state index is 10.4. The van der Waals surface area contributed by atoms with Crippen molar-refractivity contribution in [2.45, 2.75) is 47.0 Å². The highest BCUT2D eigenvalue weighted by Crippen LogP contribution is 2.11. The normalized spacial score (nSPS) is 12.2. The smallest absolute Gasteiger partial charge is 0.307 e. The number of ether oxygens (including phenoxy) is 2. The third-order valence-corrected chi connectivity index (χ3v) is 2.33. The van der Waals surface area contributed by atoms with Crippen molar-refractivity contribution in [3.8, 4) is 0 Å². The lowest BCUT2D eigenvalue weighted by atomic mass is 10.0. The van der Waals surface area contributed by atoms with E-state index < -0.39 is 0 Å². The van der Waals surface area contributed by atoms with Crippen LogP contribution in [0, 0.1) is 5.92 Å². The highest BCUT2D eigenvalue weighted by molar-refractivity contribution is 5.66. The molecular formula is C14H24O3. The average molecular weight is 240 g/mol. The molecule has 3 nitrogen and oxygen atoms in total. The summed E-state index contributed by atoms with van der Waals surface area (Å²) in [7, 11) is 0. The molecule has 0 spiro atoms. The molecule has 0 aliphatic carbocycles. The van der Waals surface area contributed by atoms with Crippen LogP contribution < -0.4 is 0 Å². The summed E-state index contributed by atoms with van der Waals surface area (Å²) in [6.45, 7) is 8.47. The van der Waals surface area contributed by atoms with E-state index in [0.29, 0.717) is 12.5 Å². The monoisotopic (exact) mass is 240 g/mol. The van der Waals surface area contributed by atoms with E-state index in [-0.39, 0.29) is 5.97 Å². The minimum atomic E-state index is -0.333. The molecule has 0 fully saturated rings. The van der Waals surface area contributed by atoms with Gasteiger partial charge >= 0.3 is 5.97 Å². The van der Waals surface area contributed by atoms with Gasteiger partial charge < -0.3 is 9.47 Å². The van der Waals surface area contributed by atoms with E-state index in [2.05, 4.69) is 31.6 Å². The van der Waals surface area contributed by atoms with E-state index in [4.69, 9.17) is 4.74 Å². The average Bonchev–Trinajstić information content (AvgIpc) is 2.22. The molecule has 0 rings (SSSR count). The van der Waals surface area contributed by atoms with Gasteiger partial charge in [0, 0.05) is 6.92 Å². The summed E-state index contributed by atoms with van der Waals surface area (Å²) in [5.41, 5.74) is 1.37. The van der Waals surface area contributed by atoms with Gasteiger partial charge in [-0.25, -0.2) is 0 Å². The Kier molecular flexibility index (Phi) is 9.21. The van der Waals surface area contributed by atoms with E-state index in [9.17, 15) is 4.79 Å². The number of esters is 1. The zero-order chi connectivity index (χ0) is 13.1. The lowest BCUT2D eigenvalue weighted by Crippen LogP contribution is -1.99. The van der Waals surface area contributed by atoms with E-state index in [0.717, 1.165) is 12.8 Å². The summed E-state index contributed by atoms with van der Waals surface area (Å²) >= 11 is 0. The van der Waals surface area contributed by atoms with Gasteiger partial charge in [0.2, 0.25) is 0 Å². The molecule has 1 atom stereocenters. The van der Waals surface area contributed by atoms with E-state index in [1.165, 1.54) is 31.4 Å². The Labute approximate surface area is 104 Å². The first kappa shape index (κ1) is 15.8. The van der Waals surface area contributed by atoms with Crippen molar-refractivity contribution < 1.29 is 14.3 Å². The molecule has 0 heterocycles. The lowest BCUT2D eigenvalue weighted by molar-refractivity contribution is -0.135. The molecule has 17 heavy (non-hydrogen) atoms. The molecule has 0 N–H and O–H groups in total. The van der Waals surface area contributed by atoms with Crippen molar-refractivity contribution in [2.75, 3.05) is 6.61 Å². The number of rotatable bonds is 8. The highest BCUT2D eigenvalue weighted by atomic mass is 16.5. The fourth-order valence-corrected chi connectivity index (χ4v) is 1.30. The zero-order valence-electron chi connectivity index (χ0n) is 11.4. The first-order valence-corrected chi connectivity index (χ1v) is 6.09. The van der Waals surface area contributed by atoms with Gasteiger partial charge in [-0.05, 0) is 39.0 Å². The van der Waals surface area contributed by atoms with Crippen molar-refractivity contribution in [3.05, 3.63) is 24.2 Å². The fourth-order valence-electron chi connectivity index (χ4n) is 1.30. The molecule has 1 unspecified atom stereocenters. The van der Waals surface area contributed by atoms with Gasteiger partial charge in [-0.15, -0.1) is 0 Å². The summed E-state index contributed by atoms with van der Waals surface area (Å²) in [6, 6.07) is 0.